The lowest BCUT2D eigenvalue weighted by atomic mass is 9.76. The number of hydrogen-bond donors (Lipinski definition) is 0. The van der Waals surface area contributed by atoms with E-state index in [-0.39, 0.29) is 5.41 Å². The summed E-state index contributed by atoms with van der Waals surface area (Å²) in [4.78, 5) is 8.04. The maximum absolute atomic E-state index is 4.02. The van der Waals surface area contributed by atoms with Crippen molar-refractivity contribution in [3.63, 3.8) is 0 Å². The van der Waals surface area contributed by atoms with Crippen LogP contribution in [-0.2, 0) is 5.41 Å². The first-order valence-corrected chi connectivity index (χ1v) is 4.30. The average molecular weight is 164 g/mol. The summed E-state index contributed by atoms with van der Waals surface area (Å²) in [5.41, 5.74) is 1.38. The summed E-state index contributed by atoms with van der Waals surface area (Å²) in [5.74, 6) is 0.600. The molecular formula is C10H16N2. The normalized spacial score (nSPS) is 12.1. The SMILES string of the molecule is CC(C)C(C)(C)c1cncnc1. The molecule has 0 saturated heterocycles. The van der Waals surface area contributed by atoms with Crippen molar-refractivity contribution in [3.8, 4) is 0 Å². The Bertz CT molecular complexity index is 239. The molecule has 1 aromatic rings. The zero-order chi connectivity index (χ0) is 9.19. The van der Waals surface area contributed by atoms with Crippen molar-refractivity contribution in [2.24, 2.45) is 5.92 Å². The van der Waals surface area contributed by atoms with Crippen molar-refractivity contribution in [2.45, 2.75) is 33.1 Å². The van der Waals surface area contributed by atoms with Crippen LogP contribution in [0.1, 0.15) is 33.3 Å². The molecule has 2 heteroatoms. The molecule has 0 N–H and O–H groups in total. The van der Waals surface area contributed by atoms with Gasteiger partial charge in [-0.1, -0.05) is 27.7 Å². The summed E-state index contributed by atoms with van der Waals surface area (Å²) in [6.07, 6.45) is 5.36. The van der Waals surface area contributed by atoms with Crippen LogP contribution < -0.4 is 0 Å². The quantitative estimate of drug-likeness (QED) is 0.670. The highest BCUT2D eigenvalue weighted by Crippen LogP contribution is 2.29. The Kier molecular flexibility index (Phi) is 2.46. The van der Waals surface area contributed by atoms with Gasteiger partial charge in [0, 0.05) is 12.4 Å². The molecule has 0 bridgehead atoms. The lowest BCUT2D eigenvalue weighted by Gasteiger charge is -2.28. The summed E-state index contributed by atoms with van der Waals surface area (Å²) in [5, 5.41) is 0. The summed E-state index contributed by atoms with van der Waals surface area (Å²) < 4.78 is 0. The number of aromatic nitrogens is 2. The number of hydrogen-bond acceptors (Lipinski definition) is 2. The Balaban J connectivity index is 2.98. The largest absolute Gasteiger partial charge is 0.245 e. The highest BCUT2D eigenvalue weighted by Gasteiger charge is 2.24. The van der Waals surface area contributed by atoms with Crippen molar-refractivity contribution in [1.29, 1.82) is 0 Å². The Morgan fingerprint density at radius 1 is 1.17 bits per heavy atom. The molecule has 0 fully saturated rings. The van der Waals surface area contributed by atoms with Gasteiger partial charge in [-0.3, -0.25) is 0 Å². The minimum atomic E-state index is 0.168. The Morgan fingerprint density at radius 3 is 2.08 bits per heavy atom. The monoisotopic (exact) mass is 164 g/mol. The second-order valence-corrected chi connectivity index (χ2v) is 4.00. The second kappa shape index (κ2) is 3.21. The Morgan fingerprint density at radius 2 is 1.67 bits per heavy atom. The molecule has 66 valence electrons. The topological polar surface area (TPSA) is 25.8 Å². The van der Waals surface area contributed by atoms with Gasteiger partial charge < -0.3 is 0 Å². The molecule has 1 aromatic heterocycles. The van der Waals surface area contributed by atoms with Crippen molar-refractivity contribution in [1.82, 2.24) is 9.97 Å². The van der Waals surface area contributed by atoms with Gasteiger partial charge >= 0.3 is 0 Å². The van der Waals surface area contributed by atoms with Crippen LogP contribution in [0, 0.1) is 5.92 Å². The first-order valence-electron chi connectivity index (χ1n) is 4.30. The van der Waals surface area contributed by atoms with E-state index in [1.807, 2.05) is 12.4 Å². The van der Waals surface area contributed by atoms with E-state index in [4.69, 9.17) is 0 Å². The van der Waals surface area contributed by atoms with Gasteiger partial charge in [0.1, 0.15) is 6.33 Å². The molecule has 1 rings (SSSR count). The fourth-order valence-electron chi connectivity index (χ4n) is 0.965. The molecule has 1 heterocycles. The summed E-state index contributed by atoms with van der Waals surface area (Å²) in [6.45, 7) is 8.87. The number of rotatable bonds is 2. The number of nitrogens with zero attached hydrogens (tertiary/aromatic N) is 2. The molecule has 2 nitrogen and oxygen atoms in total. The van der Waals surface area contributed by atoms with Gasteiger partial charge in [-0.15, -0.1) is 0 Å². The summed E-state index contributed by atoms with van der Waals surface area (Å²) in [6, 6.07) is 0. The van der Waals surface area contributed by atoms with Gasteiger partial charge in [0.25, 0.3) is 0 Å². The van der Waals surface area contributed by atoms with E-state index >= 15 is 0 Å². The van der Waals surface area contributed by atoms with Crippen molar-refractivity contribution >= 4 is 0 Å². The molecule has 0 atom stereocenters. The van der Waals surface area contributed by atoms with Gasteiger partial charge in [-0.2, -0.15) is 0 Å². The molecule has 0 radical (unpaired) electrons. The lowest BCUT2D eigenvalue weighted by molar-refractivity contribution is 0.370. The first-order chi connectivity index (χ1) is 5.55. The zero-order valence-corrected chi connectivity index (χ0v) is 8.20. The predicted molar refractivity (Wildman–Crippen MR) is 49.9 cm³/mol. The predicted octanol–water partition coefficient (Wildman–Crippen LogP) is 2.41. The van der Waals surface area contributed by atoms with Gasteiger partial charge in [-0.25, -0.2) is 9.97 Å². The van der Waals surface area contributed by atoms with Crippen LogP contribution in [0.15, 0.2) is 18.7 Å². The first kappa shape index (κ1) is 9.17. The van der Waals surface area contributed by atoms with E-state index < -0.39 is 0 Å². The summed E-state index contributed by atoms with van der Waals surface area (Å²) in [7, 11) is 0. The van der Waals surface area contributed by atoms with Gasteiger partial charge in [-0.05, 0) is 16.9 Å². The molecular weight excluding hydrogens is 148 g/mol. The standard InChI is InChI=1S/C10H16N2/c1-8(2)10(3,4)9-5-11-7-12-6-9/h5-8H,1-4H3. The van der Waals surface area contributed by atoms with E-state index in [9.17, 15) is 0 Å². The van der Waals surface area contributed by atoms with Crippen LogP contribution in [0.25, 0.3) is 0 Å². The molecule has 12 heavy (non-hydrogen) atoms. The zero-order valence-electron chi connectivity index (χ0n) is 8.20. The van der Waals surface area contributed by atoms with Gasteiger partial charge in [0.15, 0.2) is 0 Å². The minimum absolute atomic E-state index is 0.168. The smallest absolute Gasteiger partial charge is 0.115 e. The molecule has 0 amide bonds. The third kappa shape index (κ3) is 1.63. The van der Waals surface area contributed by atoms with Gasteiger partial charge in [0.05, 0.1) is 0 Å². The average Bonchev–Trinajstić information content (AvgIpc) is 2.06. The molecule has 0 aromatic carbocycles. The van der Waals surface area contributed by atoms with Crippen molar-refractivity contribution in [3.05, 3.63) is 24.3 Å². The van der Waals surface area contributed by atoms with Crippen LogP contribution >= 0.6 is 0 Å². The van der Waals surface area contributed by atoms with E-state index in [2.05, 4.69) is 37.7 Å². The van der Waals surface area contributed by atoms with Crippen LogP contribution in [0.5, 0.6) is 0 Å². The van der Waals surface area contributed by atoms with E-state index in [0.717, 1.165) is 0 Å². The lowest BCUT2D eigenvalue weighted by Crippen LogP contribution is -2.24. The van der Waals surface area contributed by atoms with E-state index in [1.54, 1.807) is 6.33 Å². The van der Waals surface area contributed by atoms with Crippen LogP contribution in [0.2, 0.25) is 0 Å². The molecule has 0 aliphatic carbocycles. The maximum Gasteiger partial charge on any atom is 0.115 e. The Labute approximate surface area is 74.1 Å². The highest BCUT2D eigenvalue weighted by atomic mass is 14.8. The van der Waals surface area contributed by atoms with Crippen LogP contribution in [0.3, 0.4) is 0 Å². The molecule has 0 unspecified atom stereocenters. The van der Waals surface area contributed by atoms with E-state index in [0.29, 0.717) is 5.92 Å². The van der Waals surface area contributed by atoms with Gasteiger partial charge in [0.2, 0.25) is 0 Å². The molecule has 0 aliphatic rings. The van der Waals surface area contributed by atoms with Crippen molar-refractivity contribution < 1.29 is 0 Å². The third-order valence-corrected chi connectivity index (χ3v) is 2.75. The molecule has 0 spiro atoms. The van der Waals surface area contributed by atoms with Crippen LogP contribution in [0.4, 0.5) is 0 Å². The molecule has 0 aliphatic heterocycles. The fourth-order valence-corrected chi connectivity index (χ4v) is 0.965. The summed E-state index contributed by atoms with van der Waals surface area (Å²) >= 11 is 0. The highest BCUT2D eigenvalue weighted by molar-refractivity contribution is 5.16. The molecule has 0 saturated carbocycles. The fraction of sp³-hybridized carbons (Fsp3) is 0.600. The minimum Gasteiger partial charge on any atom is -0.245 e. The maximum atomic E-state index is 4.02. The Hall–Kier alpha value is -0.920. The van der Waals surface area contributed by atoms with E-state index in [1.165, 1.54) is 5.56 Å². The third-order valence-electron chi connectivity index (χ3n) is 2.75. The van der Waals surface area contributed by atoms with Crippen molar-refractivity contribution in [2.75, 3.05) is 0 Å². The van der Waals surface area contributed by atoms with Crippen LogP contribution in [-0.4, -0.2) is 9.97 Å². The second-order valence-electron chi connectivity index (χ2n) is 4.00.